The number of hydrogen-bond acceptors (Lipinski definition) is 3. The number of unbranched alkanes of at least 4 members (excludes halogenated alkanes) is 2. The predicted octanol–water partition coefficient (Wildman–Crippen LogP) is 3.42. The lowest BCUT2D eigenvalue weighted by Gasteiger charge is -2.08. The molecule has 0 aromatic heterocycles. The van der Waals surface area contributed by atoms with Gasteiger partial charge < -0.3 is 4.74 Å². The second-order valence-electron chi connectivity index (χ2n) is 3.94. The zero-order chi connectivity index (χ0) is 12.2. The first kappa shape index (κ1) is 15.1. The first-order chi connectivity index (χ1) is 7.70. The van der Waals surface area contributed by atoms with Crippen LogP contribution < -0.4 is 0 Å². The molecule has 0 heterocycles. The fourth-order valence-corrected chi connectivity index (χ4v) is 1.31. The predicted molar refractivity (Wildman–Crippen MR) is 67.3 cm³/mol. The van der Waals surface area contributed by atoms with Gasteiger partial charge in [-0.3, -0.25) is 5.01 Å². The first-order valence-corrected chi connectivity index (χ1v) is 6.00. The minimum Gasteiger partial charge on any atom is -0.385 e. The van der Waals surface area contributed by atoms with Crippen molar-refractivity contribution in [3.63, 3.8) is 0 Å². The molecule has 0 radical (unpaired) electrons. The van der Waals surface area contributed by atoms with Crippen LogP contribution in [0.1, 0.15) is 39.0 Å². The van der Waals surface area contributed by atoms with Crippen LogP contribution in [0.3, 0.4) is 0 Å². The summed E-state index contributed by atoms with van der Waals surface area (Å²) in [6.07, 6.45) is 5.38. The number of hydrogen-bond donors (Lipinski definition) is 0. The Balaban J connectivity index is 3.50. The molecule has 0 saturated carbocycles. The van der Waals surface area contributed by atoms with Crippen LogP contribution in [0.15, 0.2) is 22.6 Å². The molecule has 0 unspecified atom stereocenters. The van der Waals surface area contributed by atoms with Crippen molar-refractivity contribution in [2.45, 2.75) is 39.0 Å². The van der Waals surface area contributed by atoms with E-state index in [1.165, 1.54) is 0 Å². The molecular weight excluding hydrogens is 202 g/mol. The van der Waals surface area contributed by atoms with E-state index in [9.17, 15) is 0 Å². The quantitative estimate of drug-likeness (QED) is 0.326. The molecule has 0 atom stereocenters. The van der Waals surface area contributed by atoms with Crippen LogP contribution in [-0.2, 0) is 4.74 Å². The molecule has 4 nitrogen and oxygen atoms in total. The average molecular weight is 227 g/mol. The van der Waals surface area contributed by atoms with E-state index >= 15 is 0 Å². The summed E-state index contributed by atoms with van der Waals surface area (Å²) in [6, 6.07) is 0. The van der Waals surface area contributed by atoms with Gasteiger partial charge in [0.05, 0.1) is 5.70 Å². The number of methoxy groups -OCH3 is 1. The minimum atomic E-state index is 0.841. The molecule has 0 N–H and O–H groups in total. The van der Waals surface area contributed by atoms with Crippen LogP contribution in [0.4, 0.5) is 0 Å². The van der Waals surface area contributed by atoms with Gasteiger partial charge in [0, 0.05) is 27.3 Å². The van der Waals surface area contributed by atoms with Crippen LogP contribution in [0.25, 0.3) is 0 Å². The Hall–Kier alpha value is -0.900. The third-order valence-corrected chi connectivity index (χ3v) is 2.20. The number of allylic oxidation sites excluding steroid dienone is 1. The van der Waals surface area contributed by atoms with Crippen molar-refractivity contribution in [3.8, 4) is 0 Å². The van der Waals surface area contributed by atoms with Gasteiger partial charge in [-0.05, 0) is 25.7 Å². The molecule has 0 rings (SSSR count). The maximum absolute atomic E-state index is 4.98. The molecule has 4 heteroatoms. The molecule has 0 amide bonds. The summed E-state index contributed by atoms with van der Waals surface area (Å²) in [5.74, 6) is 0. The highest BCUT2D eigenvalue weighted by Gasteiger charge is 1.94. The Morgan fingerprint density at radius 2 is 2.06 bits per heavy atom. The summed E-state index contributed by atoms with van der Waals surface area (Å²) < 4.78 is 4.98. The monoisotopic (exact) mass is 227 g/mol. The van der Waals surface area contributed by atoms with Gasteiger partial charge >= 0.3 is 0 Å². The lowest BCUT2D eigenvalue weighted by molar-refractivity contribution is 0.192. The molecule has 0 saturated heterocycles. The number of nitrogens with zero attached hydrogens (tertiary/aromatic N) is 3. The summed E-state index contributed by atoms with van der Waals surface area (Å²) in [5, 5.41) is 9.99. The SMILES string of the molecule is C=C(CCCCCOC)N=NN(C)CCC. The molecule has 0 aromatic carbocycles. The van der Waals surface area contributed by atoms with Gasteiger partial charge in [0.25, 0.3) is 0 Å². The Kier molecular flexibility index (Phi) is 10.0. The van der Waals surface area contributed by atoms with Crippen molar-refractivity contribution in [2.24, 2.45) is 10.3 Å². The van der Waals surface area contributed by atoms with Gasteiger partial charge in [0.2, 0.25) is 0 Å². The van der Waals surface area contributed by atoms with Gasteiger partial charge in [-0.15, -0.1) is 5.11 Å². The zero-order valence-electron chi connectivity index (χ0n) is 10.9. The van der Waals surface area contributed by atoms with E-state index in [0.29, 0.717) is 0 Å². The maximum Gasteiger partial charge on any atom is 0.0576 e. The molecule has 0 bridgehead atoms. The molecule has 0 fully saturated rings. The number of ether oxygens (including phenoxy) is 1. The fraction of sp³-hybridized carbons (Fsp3) is 0.833. The summed E-state index contributed by atoms with van der Waals surface area (Å²) in [5.41, 5.74) is 0.861. The van der Waals surface area contributed by atoms with Gasteiger partial charge in [-0.2, -0.15) is 0 Å². The van der Waals surface area contributed by atoms with Crippen LogP contribution in [-0.4, -0.2) is 32.3 Å². The third-order valence-electron chi connectivity index (χ3n) is 2.20. The van der Waals surface area contributed by atoms with Crippen molar-refractivity contribution in [3.05, 3.63) is 12.3 Å². The molecule has 0 aliphatic rings. The van der Waals surface area contributed by atoms with Gasteiger partial charge in [-0.1, -0.05) is 25.1 Å². The van der Waals surface area contributed by atoms with E-state index in [0.717, 1.165) is 51.0 Å². The smallest absolute Gasteiger partial charge is 0.0576 e. The Morgan fingerprint density at radius 1 is 1.31 bits per heavy atom. The second-order valence-corrected chi connectivity index (χ2v) is 3.94. The van der Waals surface area contributed by atoms with E-state index in [1.807, 2.05) is 12.1 Å². The average Bonchev–Trinajstić information content (AvgIpc) is 2.26. The van der Waals surface area contributed by atoms with Gasteiger partial charge in [0.15, 0.2) is 0 Å². The highest BCUT2D eigenvalue weighted by molar-refractivity contribution is 4.88. The van der Waals surface area contributed by atoms with Crippen LogP contribution in [0, 0.1) is 0 Å². The van der Waals surface area contributed by atoms with Crippen molar-refractivity contribution in [1.82, 2.24) is 5.01 Å². The van der Waals surface area contributed by atoms with Crippen molar-refractivity contribution in [2.75, 3.05) is 27.3 Å². The summed E-state index contributed by atoms with van der Waals surface area (Å²) in [4.78, 5) is 0. The molecular formula is C12H25N3O. The van der Waals surface area contributed by atoms with E-state index in [2.05, 4.69) is 23.8 Å². The van der Waals surface area contributed by atoms with Crippen LogP contribution in [0.5, 0.6) is 0 Å². The van der Waals surface area contributed by atoms with E-state index in [4.69, 9.17) is 4.74 Å². The number of rotatable bonds is 10. The molecule has 94 valence electrons. The van der Waals surface area contributed by atoms with Crippen molar-refractivity contribution >= 4 is 0 Å². The van der Waals surface area contributed by atoms with E-state index < -0.39 is 0 Å². The second kappa shape index (κ2) is 10.6. The highest BCUT2D eigenvalue weighted by atomic mass is 16.5. The Labute approximate surface area is 99.4 Å². The maximum atomic E-state index is 4.98. The van der Waals surface area contributed by atoms with E-state index in [-0.39, 0.29) is 0 Å². The van der Waals surface area contributed by atoms with E-state index in [1.54, 1.807) is 7.11 Å². The normalized spacial score (nSPS) is 10.9. The summed E-state index contributed by atoms with van der Waals surface area (Å²) >= 11 is 0. The van der Waals surface area contributed by atoms with Gasteiger partial charge in [-0.25, -0.2) is 0 Å². The third kappa shape index (κ3) is 9.65. The largest absolute Gasteiger partial charge is 0.385 e. The lowest BCUT2D eigenvalue weighted by Crippen LogP contribution is -2.10. The van der Waals surface area contributed by atoms with Crippen molar-refractivity contribution in [1.29, 1.82) is 0 Å². The van der Waals surface area contributed by atoms with Crippen LogP contribution in [0.2, 0.25) is 0 Å². The molecule has 0 aromatic rings. The summed E-state index contributed by atoms with van der Waals surface area (Å²) in [7, 11) is 3.66. The minimum absolute atomic E-state index is 0.841. The molecule has 0 aliphatic heterocycles. The Morgan fingerprint density at radius 3 is 2.69 bits per heavy atom. The van der Waals surface area contributed by atoms with Crippen LogP contribution >= 0.6 is 0 Å². The fourth-order valence-electron chi connectivity index (χ4n) is 1.31. The molecule has 0 spiro atoms. The lowest BCUT2D eigenvalue weighted by atomic mass is 10.2. The standard InChI is InChI=1S/C12H25N3O/c1-5-10-15(3)14-13-12(2)9-7-6-8-11-16-4/h2,5-11H2,1,3-4H3. The van der Waals surface area contributed by atoms with Gasteiger partial charge in [0.1, 0.15) is 0 Å². The topological polar surface area (TPSA) is 37.2 Å². The molecule has 16 heavy (non-hydrogen) atoms. The zero-order valence-corrected chi connectivity index (χ0v) is 10.9. The summed E-state index contributed by atoms with van der Waals surface area (Å²) in [6.45, 7) is 7.78. The van der Waals surface area contributed by atoms with Crippen molar-refractivity contribution < 1.29 is 4.74 Å². The molecule has 0 aliphatic carbocycles. The first-order valence-electron chi connectivity index (χ1n) is 6.00. The highest BCUT2D eigenvalue weighted by Crippen LogP contribution is 2.09. The Bertz CT molecular complexity index is 204.